The molecular weight excluding hydrogens is 262 g/mol. The fraction of sp³-hybridized carbons (Fsp3) is 0.412. The standard InChI is InChI=1S/C17H21N3O/c1-2-18-14-7-5-11-20(12-14)17(21)16-10-9-13-6-3-4-8-15(13)19-16/h3-4,6,8-10,14,18H,2,5,7,11-12H2,1H3. The summed E-state index contributed by atoms with van der Waals surface area (Å²) in [7, 11) is 0. The topological polar surface area (TPSA) is 45.2 Å². The van der Waals surface area contributed by atoms with E-state index in [1.165, 1.54) is 0 Å². The minimum Gasteiger partial charge on any atom is -0.336 e. The first-order valence-electron chi connectivity index (χ1n) is 7.66. The maximum atomic E-state index is 12.6. The fourth-order valence-corrected chi connectivity index (χ4v) is 2.96. The predicted molar refractivity (Wildman–Crippen MR) is 84.3 cm³/mol. The lowest BCUT2D eigenvalue weighted by molar-refractivity contribution is 0.0690. The quantitative estimate of drug-likeness (QED) is 0.941. The molecule has 1 fully saturated rings. The summed E-state index contributed by atoms with van der Waals surface area (Å²) in [4.78, 5) is 19.1. The van der Waals surface area contributed by atoms with Gasteiger partial charge in [-0.15, -0.1) is 0 Å². The SMILES string of the molecule is CCNC1CCCN(C(=O)c2ccc3ccccc3n2)C1. The second-order valence-electron chi connectivity index (χ2n) is 5.54. The first-order chi connectivity index (χ1) is 10.3. The number of amides is 1. The second kappa shape index (κ2) is 6.22. The summed E-state index contributed by atoms with van der Waals surface area (Å²) in [6, 6.07) is 12.1. The van der Waals surface area contributed by atoms with Crippen LogP contribution in [0, 0.1) is 0 Å². The van der Waals surface area contributed by atoms with Crippen molar-refractivity contribution in [1.82, 2.24) is 15.2 Å². The summed E-state index contributed by atoms with van der Waals surface area (Å²) < 4.78 is 0. The highest BCUT2D eigenvalue weighted by atomic mass is 16.2. The minimum absolute atomic E-state index is 0.0448. The number of rotatable bonds is 3. The van der Waals surface area contributed by atoms with Crippen molar-refractivity contribution in [1.29, 1.82) is 0 Å². The number of carbonyl (C=O) groups is 1. The monoisotopic (exact) mass is 283 g/mol. The number of benzene rings is 1. The molecule has 2 heterocycles. The summed E-state index contributed by atoms with van der Waals surface area (Å²) in [6.45, 7) is 4.66. The van der Waals surface area contributed by atoms with Crippen LogP contribution in [0.1, 0.15) is 30.3 Å². The molecule has 1 amide bonds. The van der Waals surface area contributed by atoms with Gasteiger partial charge in [0.15, 0.2) is 0 Å². The first kappa shape index (κ1) is 14.0. The maximum Gasteiger partial charge on any atom is 0.272 e. The number of nitrogens with one attached hydrogen (secondary N) is 1. The third-order valence-corrected chi connectivity index (χ3v) is 4.02. The lowest BCUT2D eigenvalue weighted by Crippen LogP contribution is -2.48. The van der Waals surface area contributed by atoms with E-state index in [1.54, 1.807) is 0 Å². The van der Waals surface area contributed by atoms with Crippen molar-refractivity contribution in [3.05, 3.63) is 42.1 Å². The van der Waals surface area contributed by atoms with Crippen LogP contribution in [0.5, 0.6) is 0 Å². The van der Waals surface area contributed by atoms with Crippen LogP contribution in [0.4, 0.5) is 0 Å². The summed E-state index contributed by atoms with van der Waals surface area (Å²) in [5, 5.41) is 4.50. The maximum absolute atomic E-state index is 12.6. The molecule has 0 saturated carbocycles. The molecule has 1 saturated heterocycles. The predicted octanol–water partition coefficient (Wildman–Crippen LogP) is 2.45. The average molecular weight is 283 g/mol. The fourth-order valence-electron chi connectivity index (χ4n) is 2.96. The highest BCUT2D eigenvalue weighted by Gasteiger charge is 2.24. The molecule has 3 rings (SSSR count). The van der Waals surface area contributed by atoms with Crippen LogP contribution >= 0.6 is 0 Å². The lowest BCUT2D eigenvalue weighted by Gasteiger charge is -2.33. The molecule has 4 heteroatoms. The normalized spacial score (nSPS) is 18.9. The Kier molecular flexibility index (Phi) is 4.15. The number of aromatic nitrogens is 1. The van der Waals surface area contributed by atoms with E-state index >= 15 is 0 Å². The molecule has 2 aromatic rings. The molecule has 0 bridgehead atoms. The molecule has 4 nitrogen and oxygen atoms in total. The van der Waals surface area contributed by atoms with E-state index < -0.39 is 0 Å². The van der Waals surface area contributed by atoms with Crippen molar-refractivity contribution in [2.45, 2.75) is 25.8 Å². The zero-order valence-electron chi connectivity index (χ0n) is 12.4. The molecule has 110 valence electrons. The van der Waals surface area contributed by atoms with E-state index in [9.17, 15) is 4.79 Å². The van der Waals surface area contributed by atoms with Gasteiger partial charge in [-0.1, -0.05) is 31.2 Å². The average Bonchev–Trinajstić information content (AvgIpc) is 2.54. The molecule has 1 aromatic carbocycles. The van der Waals surface area contributed by atoms with Gasteiger partial charge in [0.2, 0.25) is 0 Å². The van der Waals surface area contributed by atoms with Crippen molar-refractivity contribution in [2.24, 2.45) is 0 Å². The van der Waals surface area contributed by atoms with Gasteiger partial charge >= 0.3 is 0 Å². The van der Waals surface area contributed by atoms with Crippen LogP contribution in [-0.2, 0) is 0 Å². The van der Waals surface area contributed by atoms with Gasteiger partial charge in [0, 0.05) is 24.5 Å². The number of fused-ring (bicyclic) bond motifs is 1. The Bertz CT molecular complexity index is 639. The first-order valence-corrected chi connectivity index (χ1v) is 7.66. The molecule has 0 radical (unpaired) electrons. The lowest BCUT2D eigenvalue weighted by atomic mass is 10.1. The Morgan fingerprint density at radius 2 is 2.19 bits per heavy atom. The summed E-state index contributed by atoms with van der Waals surface area (Å²) in [5.41, 5.74) is 1.43. The molecule has 1 aromatic heterocycles. The Labute approximate surface area is 125 Å². The number of hydrogen-bond acceptors (Lipinski definition) is 3. The number of hydrogen-bond donors (Lipinski definition) is 1. The number of para-hydroxylation sites is 1. The number of likely N-dealkylation sites (N-methyl/N-ethyl adjacent to an activating group) is 1. The van der Waals surface area contributed by atoms with Crippen LogP contribution < -0.4 is 5.32 Å². The van der Waals surface area contributed by atoms with Crippen molar-refractivity contribution < 1.29 is 4.79 Å². The number of likely N-dealkylation sites (tertiary alicyclic amines) is 1. The highest BCUT2D eigenvalue weighted by Crippen LogP contribution is 2.16. The van der Waals surface area contributed by atoms with Gasteiger partial charge in [0.05, 0.1) is 5.52 Å². The third-order valence-electron chi connectivity index (χ3n) is 4.02. The number of carbonyl (C=O) groups excluding carboxylic acids is 1. The van der Waals surface area contributed by atoms with Gasteiger partial charge in [-0.3, -0.25) is 4.79 Å². The number of nitrogens with zero attached hydrogens (tertiary/aromatic N) is 2. The van der Waals surface area contributed by atoms with Gasteiger partial charge in [-0.2, -0.15) is 0 Å². The molecular formula is C17H21N3O. The Balaban J connectivity index is 1.79. The third kappa shape index (κ3) is 3.05. The van der Waals surface area contributed by atoms with E-state index in [4.69, 9.17) is 0 Å². The molecule has 1 N–H and O–H groups in total. The molecule has 0 spiro atoms. The zero-order valence-corrected chi connectivity index (χ0v) is 12.4. The largest absolute Gasteiger partial charge is 0.336 e. The van der Waals surface area contributed by atoms with Crippen molar-refractivity contribution in [3.63, 3.8) is 0 Å². The van der Waals surface area contributed by atoms with Gasteiger partial charge < -0.3 is 10.2 Å². The Morgan fingerprint density at radius 1 is 1.33 bits per heavy atom. The molecule has 1 unspecified atom stereocenters. The van der Waals surface area contributed by atoms with E-state index in [-0.39, 0.29) is 5.91 Å². The molecule has 1 aliphatic heterocycles. The van der Waals surface area contributed by atoms with Crippen LogP contribution in [0.25, 0.3) is 10.9 Å². The van der Waals surface area contributed by atoms with Crippen LogP contribution in [0.15, 0.2) is 36.4 Å². The van der Waals surface area contributed by atoms with Crippen molar-refractivity contribution in [3.8, 4) is 0 Å². The Morgan fingerprint density at radius 3 is 3.05 bits per heavy atom. The van der Waals surface area contributed by atoms with Crippen LogP contribution in [-0.4, -0.2) is 41.5 Å². The van der Waals surface area contributed by atoms with Crippen LogP contribution in [0.3, 0.4) is 0 Å². The summed E-state index contributed by atoms with van der Waals surface area (Å²) in [5.74, 6) is 0.0448. The van der Waals surface area contributed by atoms with E-state index in [0.29, 0.717) is 11.7 Å². The summed E-state index contributed by atoms with van der Waals surface area (Å²) >= 11 is 0. The van der Waals surface area contributed by atoms with Crippen molar-refractivity contribution in [2.75, 3.05) is 19.6 Å². The molecule has 1 aliphatic rings. The smallest absolute Gasteiger partial charge is 0.272 e. The minimum atomic E-state index is 0.0448. The van der Waals surface area contributed by atoms with Gasteiger partial charge in [-0.25, -0.2) is 4.98 Å². The highest BCUT2D eigenvalue weighted by molar-refractivity contribution is 5.95. The van der Waals surface area contributed by atoms with E-state index in [2.05, 4.69) is 17.2 Å². The van der Waals surface area contributed by atoms with Gasteiger partial charge in [-0.05, 0) is 31.5 Å². The van der Waals surface area contributed by atoms with Gasteiger partial charge in [0.25, 0.3) is 5.91 Å². The molecule has 21 heavy (non-hydrogen) atoms. The van der Waals surface area contributed by atoms with Crippen molar-refractivity contribution >= 4 is 16.8 Å². The molecule has 0 aliphatic carbocycles. The number of piperidine rings is 1. The van der Waals surface area contributed by atoms with E-state index in [0.717, 1.165) is 43.4 Å². The second-order valence-corrected chi connectivity index (χ2v) is 5.54. The number of pyridine rings is 1. The summed E-state index contributed by atoms with van der Waals surface area (Å²) in [6.07, 6.45) is 2.19. The van der Waals surface area contributed by atoms with E-state index in [1.807, 2.05) is 41.3 Å². The Hall–Kier alpha value is -1.94. The zero-order chi connectivity index (χ0) is 14.7. The molecule has 1 atom stereocenters. The van der Waals surface area contributed by atoms with Gasteiger partial charge in [0.1, 0.15) is 5.69 Å². The van der Waals surface area contributed by atoms with Crippen LogP contribution in [0.2, 0.25) is 0 Å².